The molecule has 1 aliphatic rings. The Kier molecular flexibility index (Phi) is 4.47. The smallest absolute Gasteiger partial charge is 0.127 e. The molecule has 0 unspecified atom stereocenters. The minimum atomic E-state index is -0.132. The predicted molar refractivity (Wildman–Crippen MR) is 96.1 cm³/mol. The Morgan fingerprint density at radius 2 is 1.62 bits per heavy atom. The second-order valence-electron chi connectivity index (χ2n) is 4.35. The van der Waals surface area contributed by atoms with Crippen molar-refractivity contribution in [1.29, 1.82) is 0 Å². The zero-order valence-corrected chi connectivity index (χ0v) is 13.3. The first-order chi connectivity index (χ1) is 10.3. The van der Waals surface area contributed by atoms with Crippen LogP contribution >= 0.6 is 20.7 Å². The molecular weight excluding hydrogens is 377 g/mol. The maximum atomic E-state index is 12.2. The summed E-state index contributed by atoms with van der Waals surface area (Å²) in [5.74, 6) is 1.50. The summed E-state index contributed by atoms with van der Waals surface area (Å²) >= 11 is -0.132. The van der Waals surface area contributed by atoms with Gasteiger partial charge in [0.15, 0.2) is 0 Å². The number of hydroxylamine groups is 1. The van der Waals surface area contributed by atoms with Gasteiger partial charge >= 0.3 is 0 Å². The second-order valence-corrected chi connectivity index (χ2v) is 6.41. The van der Waals surface area contributed by atoms with Crippen molar-refractivity contribution < 1.29 is 4.74 Å². The van der Waals surface area contributed by atoms with Crippen LogP contribution in [0.25, 0.3) is 0 Å². The molecule has 21 heavy (non-hydrogen) atoms. The minimum Gasteiger partial charge on any atom is -0.754 e. The van der Waals surface area contributed by atoms with Gasteiger partial charge in [-0.1, -0.05) is 45.0 Å². The highest BCUT2D eigenvalue weighted by molar-refractivity contribution is 14.2. The topological polar surface area (TPSA) is 35.5 Å². The van der Waals surface area contributed by atoms with Crippen LogP contribution in [0.1, 0.15) is 0 Å². The molecule has 0 N–H and O–H groups in total. The maximum absolute atomic E-state index is 12.2. The van der Waals surface area contributed by atoms with E-state index >= 15 is 0 Å². The van der Waals surface area contributed by atoms with Crippen molar-refractivity contribution in [2.24, 2.45) is 0 Å². The fourth-order valence-electron chi connectivity index (χ4n) is 1.85. The van der Waals surface area contributed by atoms with Crippen LogP contribution in [0.15, 0.2) is 76.5 Å². The fraction of sp³-hybridized carbons (Fsp3) is 0. The van der Waals surface area contributed by atoms with Crippen LogP contribution in [0.5, 0.6) is 11.5 Å². The van der Waals surface area contributed by atoms with Crippen molar-refractivity contribution in [3.05, 3.63) is 81.7 Å². The number of nitrogens with zero attached hydrogens (tertiary/aromatic N) is 1. The molecule has 0 radical (unpaired) electrons. The van der Waals surface area contributed by atoms with E-state index in [2.05, 4.69) is 4.01 Å². The summed E-state index contributed by atoms with van der Waals surface area (Å²) in [5, 5.41) is 13.2. The summed E-state index contributed by atoms with van der Waals surface area (Å²) in [6.45, 7) is 0. The Hall–Kier alpha value is -1.92. The molecule has 4 heteroatoms. The maximum Gasteiger partial charge on any atom is 0.127 e. The SMILES string of the molecule is [O-]N(C1=CI=CC=C1)c1ccc(Oc2ccccc2)cc1. The molecular formula is C17H13INO2-. The molecule has 0 spiro atoms. The number of allylic oxidation sites excluding steroid dienone is 2. The highest BCUT2D eigenvalue weighted by atomic mass is 127. The summed E-state index contributed by atoms with van der Waals surface area (Å²) in [6, 6.07) is 16.7. The van der Waals surface area contributed by atoms with Crippen LogP contribution in [0.3, 0.4) is 0 Å². The number of hydrogen-bond acceptors (Lipinski definition) is 3. The lowest BCUT2D eigenvalue weighted by atomic mass is 10.2. The first-order valence-corrected chi connectivity index (χ1v) is 8.94. The van der Waals surface area contributed by atoms with E-state index in [-0.39, 0.29) is 20.7 Å². The molecule has 0 saturated heterocycles. The number of halogens is 1. The van der Waals surface area contributed by atoms with Gasteiger partial charge in [0.1, 0.15) is 11.5 Å². The summed E-state index contributed by atoms with van der Waals surface area (Å²) in [7, 11) is 0. The van der Waals surface area contributed by atoms with Crippen molar-refractivity contribution in [3.8, 4) is 11.5 Å². The van der Waals surface area contributed by atoms with Gasteiger partial charge in [-0.05, 0) is 50.6 Å². The van der Waals surface area contributed by atoms with Crippen LogP contribution < -0.4 is 9.80 Å². The van der Waals surface area contributed by atoms with E-state index in [9.17, 15) is 5.21 Å². The van der Waals surface area contributed by atoms with Crippen molar-refractivity contribution >= 4 is 30.4 Å². The number of anilines is 1. The normalized spacial score (nSPS) is 13.3. The third-order valence-corrected chi connectivity index (χ3v) is 4.70. The summed E-state index contributed by atoms with van der Waals surface area (Å²) in [4.78, 5) is 0. The Morgan fingerprint density at radius 3 is 2.29 bits per heavy atom. The van der Waals surface area contributed by atoms with E-state index < -0.39 is 0 Å². The van der Waals surface area contributed by atoms with Crippen molar-refractivity contribution in [2.75, 3.05) is 5.06 Å². The van der Waals surface area contributed by atoms with Gasteiger partial charge in [0.25, 0.3) is 0 Å². The van der Waals surface area contributed by atoms with Crippen LogP contribution in [0, 0.1) is 5.21 Å². The molecule has 3 nitrogen and oxygen atoms in total. The average molecular weight is 390 g/mol. The van der Waals surface area contributed by atoms with E-state index in [1.54, 1.807) is 12.1 Å². The monoisotopic (exact) mass is 390 g/mol. The Morgan fingerprint density at radius 1 is 0.905 bits per heavy atom. The zero-order valence-electron chi connectivity index (χ0n) is 11.1. The largest absolute Gasteiger partial charge is 0.754 e. The molecule has 0 aromatic heterocycles. The Bertz CT molecular complexity index is 690. The first-order valence-electron chi connectivity index (χ1n) is 6.45. The van der Waals surface area contributed by atoms with E-state index in [1.807, 2.05) is 58.7 Å². The molecule has 2 aromatic carbocycles. The lowest BCUT2D eigenvalue weighted by Crippen LogP contribution is -2.12. The molecule has 0 amide bonds. The van der Waals surface area contributed by atoms with Crippen molar-refractivity contribution in [3.63, 3.8) is 0 Å². The van der Waals surface area contributed by atoms with Crippen LogP contribution in [0.4, 0.5) is 5.69 Å². The van der Waals surface area contributed by atoms with Crippen molar-refractivity contribution in [2.45, 2.75) is 0 Å². The van der Waals surface area contributed by atoms with Gasteiger partial charge in [0.2, 0.25) is 0 Å². The average Bonchev–Trinajstić information content (AvgIpc) is 2.57. The lowest BCUT2D eigenvalue weighted by Gasteiger charge is -2.32. The number of benzene rings is 2. The van der Waals surface area contributed by atoms with Crippen LogP contribution in [-0.2, 0) is 0 Å². The van der Waals surface area contributed by atoms with E-state index in [1.165, 1.54) is 0 Å². The predicted octanol–water partition coefficient (Wildman–Crippen LogP) is 4.97. The van der Waals surface area contributed by atoms with Gasteiger partial charge in [-0.2, -0.15) is 0 Å². The molecule has 0 atom stereocenters. The molecule has 3 rings (SSSR count). The fourth-order valence-corrected chi connectivity index (χ4v) is 3.33. The number of ether oxygens (including phenoxy) is 1. The molecule has 1 aliphatic heterocycles. The Labute approximate surface area is 133 Å². The van der Waals surface area contributed by atoms with Gasteiger partial charge in [-0.3, -0.25) is 0 Å². The van der Waals surface area contributed by atoms with E-state index in [4.69, 9.17) is 4.74 Å². The molecule has 0 bridgehead atoms. The standard InChI is InChI=1S/C17H13INO2/c20-19(15-5-4-12-18-13-15)14-8-10-17(11-9-14)21-16-6-2-1-3-7-16/h1-13H/q-1. The quantitative estimate of drug-likeness (QED) is 0.547. The molecule has 0 aliphatic carbocycles. The third-order valence-electron chi connectivity index (χ3n) is 2.87. The van der Waals surface area contributed by atoms with E-state index in [0.717, 1.165) is 10.8 Å². The van der Waals surface area contributed by atoms with E-state index in [0.29, 0.717) is 17.1 Å². The number of hydrogen-bond donors (Lipinski definition) is 0. The third kappa shape index (κ3) is 3.59. The summed E-state index contributed by atoms with van der Waals surface area (Å²) < 4.78 is 9.84. The lowest BCUT2D eigenvalue weighted by molar-refractivity contribution is 0.483. The van der Waals surface area contributed by atoms with Gasteiger partial charge in [-0.15, -0.1) is 0 Å². The zero-order chi connectivity index (χ0) is 14.5. The Balaban J connectivity index is 1.73. The highest BCUT2D eigenvalue weighted by Gasteiger charge is 2.02. The minimum absolute atomic E-state index is 0.132. The number of para-hydroxylation sites is 1. The van der Waals surface area contributed by atoms with Gasteiger partial charge in [0, 0.05) is 11.4 Å². The molecule has 1 heterocycles. The van der Waals surface area contributed by atoms with Gasteiger partial charge < -0.3 is 15.0 Å². The van der Waals surface area contributed by atoms with Crippen LogP contribution in [0.2, 0.25) is 0 Å². The highest BCUT2D eigenvalue weighted by Crippen LogP contribution is 2.27. The molecule has 0 saturated carbocycles. The first kappa shape index (κ1) is 14.0. The van der Waals surface area contributed by atoms with Crippen LogP contribution in [-0.4, -0.2) is 4.01 Å². The molecule has 106 valence electrons. The van der Waals surface area contributed by atoms with Crippen molar-refractivity contribution in [1.82, 2.24) is 0 Å². The molecule has 0 fully saturated rings. The summed E-state index contributed by atoms with van der Waals surface area (Å²) in [5.41, 5.74) is 1.32. The summed E-state index contributed by atoms with van der Waals surface area (Å²) in [6.07, 6.45) is 3.78. The molecule has 2 aromatic rings. The number of rotatable bonds is 4. The van der Waals surface area contributed by atoms with Gasteiger partial charge in [-0.25, -0.2) is 0 Å². The second kappa shape index (κ2) is 6.69. The van der Waals surface area contributed by atoms with Gasteiger partial charge in [0.05, 0.1) is 0 Å².